The Bertz CT molecular complexity index is 531. The topological polar surface area (TPSA) is 120 Å². The Hall–Kier alpha value is -1.48. The molecule has 0 atom stereocenters. The van der Waals surface area contributed by atoms with Gasteiger partial charge in [0.05, 0.1) is 0 Å². The molecule has 0 spiro atoms. The van der Waals surface area contributed by atoms with Crippen molar-refractivity contribution in [2.75, 3.05) is 0 Å². The van der Waals surface area contributed by atoms with Crippen LogP contribution in [0.3, 0.4) is 0 Å². The second-order valence-electron chi connectivity index (χ2n) is 3.07. The largest absolute Gasteiger partial charge is 0.493 e. The van der Waals surface area contributed by atoms with Gasteiger partial charge >= 0.3 is 14.2 Å². The molecular weight excluding hydrogens is 221 g/mol. The van der Waals surface area contributed by atoms with Crippen LogP contribution in [0, 0.1) is 5.82 Å². The first-order valence-electron chi connectivity index (χ1n) is 4.19. The molecule has 1 aromatic heterocycles. The molecule has 2 aromatic rings. The van der Waals surface area contributed by atoms with Crippen molar-refractivity contribution in [3.8, 4) is 0 Å². The van der Waals surface area contributed by atoms with Gasteiger partial charge in [0, 0.05) is 10.9 Å². The minimum atomic E-state index is -2.10. The van der Waals surface area contributed by atoms with Crippen molar-refractivity contribution in [1.82, 2.24) is 10.3 Å². The molecule has 0 aliphatic heterocycles. The van der Waals surface area contributed by atoms with Crippen molar-refractivity contribution in [3.63, 3.8) is 0 Å². The summed E-state index contributed by atoms with van der Waals surface area (Å²) in [7, 11) is -4.06. The first-order valence-corrected chi connectivity index (χ1v) is 4.19. The fourth-order valence-corrected chi connectivity index (χ4v) is 1.39. The van der Waals surface area contributed by atoms with E-state index in [9.17, 15) is 4.39 Å². The SMILES string of the molecule is OB(O)c1cc(F)c(B(O)O)c2nonc12. The van der Waals surface area contributed by atoms with Gasteiger partial charge in [0.25, 0.3) is 0 Å². The van der Waals surface area contributed by atoms with Gasteiger partial charge in [-0.05, 0) is 6.07 Å². The summed E-state index contributed by atoms with van der Waals surface area (Å²) in [6.45, 7) is 0. The van der Waals surface area contributed by atoms with Crippen LogP contribution in [0.5, 0.6) is 0 Å². The second kappa shape index (κ2) is 3.83. The number of rotatable bonds is 2. The van der Waals surface area contributed by atoms with Crippen molar-refractivity contribution < 1.29 is 29.1 Å². The van der Waals surface area contributed by atoms with E-state index in [-0.39, 0.29) is 16.5 Å². The molecule has 0 unspecified atom stereocenters. The smallest absolute Gasteiger partial charge is 0.423 e. The van der Waals surface area contributed by atoms with Gasteiger partial charge in [0.2, 0.25) is 0 Å². The zero-order valence-electron chi connectivity index (χ0n) is 7.70. The summed E-state index contributed by atoms with van der Waals surface area (Å²) in [6.07, 6.45) is 0. The molecular formula is C6H5B2FN2O5. The maximum Gasteiger partial charge on any atom is 0.493 e. The molecule has 82 valence electrons. The Morgan fingerprint density at radius 1 is 1.06 bits per heavy atom. The van der Waals surface area contributed by atoms with Gasteiger partial charge in [0.1, 0.15) is 16.9 Å². The molecule has 0 amide bonds. The van der Waals surface area contributed by atoms with E-state index >= 15 is 0 Å². The first-order chi connectivity index (χ1) is 7.52. The number of benzene rings is 1. The maximum atomic E-state index is 13.4. The average Bonchev–Trinajstić information content (AvgIpc) is 2.63. The number of halogens is 1. The molecule has 0 aliphatic rings. The van der Waals surface area contributed by atoms with Crippen LogP contribution in [0.2, 0.25) is 0 Å². The summed E-state index contributed by atoms with van der Waals surface area (Å²) in [5.41, 5.74) is -1.20. The van der Waals surface area contributed by atoms with E-state index in [1.807, 2.05) is 0 Å². The predicted molar refractivity (Wildman–Crippen MR) is 51.4 cm³/mol. The number of nitrogens with zero attached hydrogens (tertiary/aromatic N) is 2. The third-order valence-electron chi connectivity index (χ3n) is 2.09. The van der Waals surface area contributed by atoms with E-state index in [1.54, 1.807) is 0 Å². The van der Waals surface area contributed by atoms with Gasteiger partial charge in [-0.15, -0.1) is 0 Å². The Morgan fingerprint density at radius 2 is 1.69 bits per heavy atom. The molecule has 10 heteroatoms. The van der Waals surface area contributed by atoms with Crippen molar-refractivity contribution in [2.24, 2.45) is 0 Å². The Balaban J connectivity index is 2.81. The minimum Gasteiger partial charge on any atom is -0.423 e. The van der Waals surface area contributed by atoms with Gasteiger partial charge in [-0.25, -0.2) is 9.02 Å². The zero-order chi connectivity index (χ0) is 11.9. The molecule has 0 saturated heterocycles. The molecule has 1 aromatic carbocycles. The maximum absolute atomic E-state index is 13.4. The molecule has 2 rings (SSSR count). The van der Waals surface area contributed by atoms with Gasteiger partial charge in [0.15, 0.2) is 0 Å². The summed E-state index contributed by atoms with van der Waals surface area (Å²) < 4.78 is 17.7. The van der Waals surface area contributed by atoms with Crippen LogP contribution >= 0.6 is 0 Å². The zero-order valence-corrected chi connectivity index (χ0v) is 7.70. The van der Waals surface area contributed by atoms with E-state index in [2.05, 4.69) is 14.9 Å². The van der Waals surface area contributed by atoms with Gasteiger partial charge in [-0.1, -0.05) is 10.3 Å². The summed E-state index contributed by atoms with van der Waals surface area (Å²) in [5.74, 6) is -1.04. The van der Waals surface area contributed by atoms with Crippen molar-refractivity contribution in [3.05, 3.63) is 11.9 Å². The molecule has 0 fully saturated rings. The summed E-state index contributed by atoms with van der Waals surface area (Å²) in [5, 5.41) is 42.4. The summed E-state index contributed by atoms with van der Waals surface area (Å²) >= 11 is 0. The highest BCUT2D eigenvalue weighted by atomic mass is 19.1. The summed E-state index contributed by atoms with van der Waals surface area (Å²) in [4.78, 5) is 0. The normalized spacial score (nSPS) is 10.8. The number of hydrogen-bond acceptors (Lipinski definition) is 7. The quantitative estimate of drug-likeness (QED) is 0.396. The van der Waals surface area contributed by atoms with Crippen molar-refractivity contribution >= 4 is 36.2 Å². The standard InChI is InChI=1S/C6H5B2FN2O5/c9-3-1-2(7(12)13)5-6(11-16-10-5)4(3)8(14)15/h1,12-15H. The molecule has 0 bridgehead atoms. The van der Waals surface area contributed by atoms with Crippen LogP contribution in [-0.2, 0) is 0 Å². The van der Waals surface area contributed by atoms with Crippen molar-refractivity contribution in [2.45, 2.75) is 0 Å². The summed E-state index contributed by atoms with van der Waals surface area (Å²) in [6, 6.07) is 0.728. The highest BCUT2D eigenvalue weighted by Crippen LogP contribution is 2.07. The number of hydrogen-bond donors (Lipinski definition) is 4. The minimum absolute atomic E-state index is 0.139. The lowest BCUT2D eigenvalue weighted by atomic mass is 9.73. The first kappa shape index (κ1) is 11.0. The fraction of sp³-hybridized carbons (Fsp3) is 0. The lowest BCUT2D eigenvalue weighted by Gasteiger charge is -2.05. The Morgan fingerprint density at radius 3 is 2.25 bits per heavy atom. The lowest BCUT2D eigenvalue weighted by molar-refractivity contribution is 0.315. The van der Waals surface area contributed by atoms with Gasteiger partial charge in [-0.3, -0.25) is 0 Å². The van der Waals surface area contributed by atoms with Crippen LogP contribution in [0.1, 0.15) is 0 Å². The number of fused-ring (bicyclic) bond motifs is 1. The van der Waals surface area contributed by atoms with Crippen LogP contribution in [0.4, 0.5) is 4.39 Å². The van der Waals surface area contributed by atoms with Crippen LogP contribution in [0.15, 0.2) is 10.7 Å². The molecule has 0 radical (unpaired) electrons. The third-order valence-corrected chi connectivity index (χ3v) is 2.09. The van der Waals surface area contributed by atoms with E-state index in [0.29, 0.717) is 0 Å². The molecule has 0 saturated carbocycles. The third kappa shape index (κ3) is 1.57. The second-order valence-corrected chi connectivity index (χ2v) is 3.07. The predicted octanol–water partition coefficient (Wildman–Crippen LogP) is -3.28. The van der Waals surface area contributed by atoms with Crippen molar-refractivity contribution in [1.29, 1.82) is 0 Å². The monoisotopic (exact) mass is 226 g/mol. The van der Waals surface area contributed by atoms with Crippen LogP contribution in [0.25, 0.3) is 11.0 Å². The highest BCUT2D eigenvalue weighted by molar-refractivity contribution is 6.65. The fourth-order valence-electron chi connectivity index (χ4n) is 1.39. The highest BCUT2D eigenvalue weighted by Gasteiger charge is 2.28. The van der Waals surface area contributed by atoms with Gasteiger partial charge in [-0.2, -0.15) is 0 Å². The number of aromatic nitrogens is 2. The van der Waals surface area contributed by atoms with E-state index < -0.39 is 25.5 Å². The Labute approximate surface area is 88.4 Å². The average molecular weight is 226 g/mol. The Kier molecular flexibility index (Phi) is 2.64. The molecule has 1 heterocycles. The van der Waals surface area contributed by atoms with Gasteiger partial charge < -0.3 is 20.1 Å². The van der Waals surface area contributed by atoms with Crippen LogP contribution in [-0.4, -0.2) is 44.6 Å². The molecule has 16 heavy (non-hydrogen) atoms. The lowest BCUT2D eigenvalue weighted by Crippen LogP contribution is -2.39. The molecule has 7 nitrogen and oxygen atoms in total. The van der Waals surface area contributed by atoms with E-state index in [1.165, 1.54) is 0 Å². The van der Waals surface area contributed by atoms with Crippen LogP contribution < -0.4 is 10.9 Å². The molecule has 0 aliphatic carbocycles. The van der Waals surface area contributed by atoms with E-state index in [0.717, 1.165) is 6.07 Å². The molecule has 4 N–H and O–H groups in total. The van der Waals surface area contributed by atoms with E-state index in [4.69, 9.17) is 20.1 Å².